The molecule has 242 valence electrons. The molecule has 3 rings (SSSR count). The second-order valence-electron chi connectivity index (χ2n) is 11.5. The van der Waals surface area contributed by atoms with Gasteiger partial charge in [0, 0.05) is 17.9 Å². The van der Waals surface area contributed by atoms with Crippen molar-refractivity contribution in [2.75, 3.05) is 0 Å². The molecule has 2 aromatic carbocycles. The van der Waals surface area contributed by atoms with E-state index < -0.39 is 77.4 Å². The molecular weight excluding hydrogens is 586 g/mol. The minimum Gasteiger partial charge on any atom is -0.508 e. The Morgan fingerprint density at radius 1 is 0.889 bits per heavy atom. The zero-order valence-corrected chi connectivity index (χ0v) is 26.1. The number of aromatic hydroxyl groups is 1. The van der Waals surface area contributed by atoms with Crippen LogP contribution in [0.5, 0.6) is 5.75 Å². The lowest BCUT2D eigenvalue weighted by molar-refractivity contribution is -0.183. The van der Waals surface area contributed by atoms with Gasteiger partial charge in [0.1, 0.15) is 17.3 Å². The van der Waals surface area contributed by atoms with Crippen LogP contribution in [0.15, 0.2) is 54.6 Å². The summed E-state index contributed by atoms with van der Waals surface area (Å²) in [6.07, 6.45) is -5.64. The van der Waals surface area contributed by atoms with Gasteiger partial charge in [0.2, 0.25) is 6.10 Å². The normalized spacial score (nSPS) is 25.4. The molecule has 1 amide bonds. The molecule has 1 fully saturated rings. The largest absolute Gasteiger partial charge is 0.508 e. The molecule has 0 aromatic heterocycles. The molecule has 2 aromatic rings. The molecule has 1 aliphatic heterocycles. The van der Waals surface area contributed by atoms with E-state index in [1.165, 1.54) is 45.9 Å². The first-order chi connectivity index (χ1) is 21.1. The maximum atomic E-state index is 13.8. The highest BCUT2D eigenvalue weighted by atomic mass is 16.6. The first-order valence-corrected chi connectivity index (χ1v) is 14.7. The number of ketones is 1. The number of esters is 4. The molecule has 0 saturated carbocycles. The number of benzene rings is 2. The van der Waals surface area contributed by atoms with Crippen LogP contribution in [0.3, 0.4) is 0 Å². The van der Waals surface area contributed by atoms with Gasteiger partial charge in [-0.25, -0.2) is 14.4 Å². The lowest BCUT2D eigenvalue weighted by atomic mass is 9.83. The van der Waals surface area contributed by atoms with Gasteiger partial charge < -0.3 is 29.4 Å². The van der Waals surface area contributed by atoms with Crippen LogP contribution in [0, 0.1) is 11.3 Å². The van der Waals surface area contributed by atoms with Crippen LogP contribution in [0.25, 0.3) is 0 Å². The SMILES string of the molecule is CC[C@H](C)C1OC(=O)C(C)(C)C(=O)[C@H](Cc2ccccc2)OC(=O)[C@H](C)OC(=O)C(NC(=O)c2cccc(O)c2)[C@@H](C)OC1=O. The third kappa shape index (κ3) is 8.68. The number of carbonyl (C=O) groups is 6. The first-order valence-electron chi connectivity index (χ1n) is 14.7. The van der Waals surface area contributed by atoms with Gasteiger partial charge in [-0.3, -0.25) is 14.4 Å². The van der Waals surface area contributed by atoms with Crippen molar-refractivity contribution in [1.82, 2.24) is 5.32 Å². The lowest BCUT2D eigenvalue weighted by Crippen LogP contribution is -2.52. The lowest BCUT2D eigenvalue weighted by Gasteiger charge is -2.30. The third-order valence-electron chi connectivity index (χ3n) is 7.61. The van der Waals surface area contributed by atoms with Crippen molar-refractivity contribution in [2.24, 2.45) is 11.3 Å². The number of Topliss-reactive ketones (excluding diaryl/α,β-unsaturated/α-hetero) is 1. The highest BCUT2D eigenvalue weighted by Crippen LogP contribution is 2.28. The Morgan fingerprint density at radius 2 is 1.56 bits per heavy atom. The van der Waals surface area contributed by atoms with Crippen LogP contribution in [0.1, 0.15) is 63.9 Å². The maximum absolute atomic E-state index is 13.8. The summed E-state index contributed by atoms with van der Waals surface area (Å²) in [5.74, 6) is -6.68. The van der Waals surface area contributed by atoms with E-state index in [1.807, 2.05) is 0 Å². The van der Waals surface area contributed by atoms with Gasteiger partial charge >= 0.3 is 23.9 Å². The molecule has 2 N–H and O–H groups in total. The van der Waals surface area contributed by atoms with Crippen molar-refractivity contribution in [3.63, 3.8) is 0 Å². The zero-order chi connectivity index (χ0) is 33.5. The maximum Gasteiger partial charge on any atom is 0.348 e. The van der Waals surface area contributed by atoms with Crippen LogP contribution >= 0.6 is 0 Å². The van der Waals surface area contributed by atoms with Crippen molar-refractivity contribution in [1.29, 1.82) is 0 Å². The van der Waals surface area contributed by atoms with Gasteiger partial charge in [0.25, 0.3) is 5.91 Å². The Morgan fingerprint density at radius 3 is 2.18 bits per heavy atom. The van der Waals surface area contributed by atoms with Crippen LogP contribution in [0.4, 0.5) is 0 Å². The minimum absolute atomic E-state index is 0.0133. The van der Waals surface area contributed by atoms with Gasteiger partial charge in [0.05, 0.1) is 0 Å². The summed E-state index contributed by atoms with van der Waals surface area (Å²) in [5.41, 5.74) is -1.25. The number of cyclic esters (lactones) is 4. The number of amides is 1. The Bertz CT molecular complexity index is 1420. The molecule has 45 heavy (non-hydrogen) atoms. The Balaban J connectivity index is 2.04. The molecule has 1 heterocycles. The Kier molecular flexibility index (Phi) is 11.4. The smallest absolute Gasteiger partial charge is 0.348 e. The highest BCUT2D eigenvalue weighted by molar-refractivity contribution is 6.06. The topological polar surface area (TPSA) is 172 Å². The molecule has 0 spiro atoms. The van der Waals surface area contributed by atoms with Crippen LogP contribution in [-0.4, -0.2) is 71.1 Å². The van der Waals surface area contributed by atoms with E-state index in [0.29, 0.717) is 12.0 Å². The van der Waals surface area contributed by atoms with E-state index in [1.54, 1.807) is 44.2 Å². The van der Waals surface area contributed by atoms with Gasteiger partial charge in [-0.2, -0.15) is 0 Å². The third-order valence-corrected chi connectivity index (χ3v) is 7.61. The summed E-state index contributed by atoms with van der Waals surface area (Å²) < 4.78 is 22.0. The quantitative estimate of drug-likeness (QED) is 0.275. The summed E-state index contributed by atoms with van der Waals surface area (Å²) in [6, 6.07) is 12.3. The summed E-state index contributed by atoms with van der Waals surface area (Å²) in [7, 11) is 0. The number of carbonyl (C=O) groups excluding carboxylic acids is 6. The number of ether oxygens (including phenoxy) is 4. The second-order valence-corrected chi connectivity index (χ2v) is 11.5. The number of nitrogens with one attached hydrogen (secondary N) is 1. The average Bonchev–Trinajstić information content (AvgIpc) is 3.00. The molecular formula is C33H39NO11. The fourth-order valence-electron chi connectivity index (χ4n) is 4.48. The van der Waals surface area contributed by atoms with E-state index in [9.17, 15) is 33.9 Å². The Hall–Kier alpha value is -4.74. The summed E-state index contributed by atoms with van der Waals surface area (Å²) in [6.45, 7) is 8.54. The van der Waals surface area contributed by atoms with Crippen LogP contribution < -0.4 is 5.32 Å². The average molecular weight is 626 g/mol. The number of hydrogen-bond acceptors (Lipinski definition) is 11. The van der Waals surface area contributed by atoms with Crippen molar-refractivity contribution in [3.8, 4) is 5.75 Å². The Labute approximate surface area is 261 Å². The molecule has 6 atom stereocenters. The monoisotopic (exact) mass is 625 g/mol. The molecule has 12 heteroatoms. The van der Waals surface area contributed by atoms with Crippen LogP contribution in [-0.2, 0) is 49.3 Å². The number of hydrogen-bond donors (Lipinski definition) is 2. The second kappa shape index (κ2) is 14.8. The van der Waals surface area contributed by atoms with Gasteiger partial charge in [0.15, 0.2) is 24.0 Å². The van der Waals surface area contributed by atoms with Gasteiger partial charge in [-0.1, -0.05) is 50.2 Å². The number of rotatable bonds is 6. The van der Waals surface area contributed by atoms with E-state index in [0.717, 1.165) is 6.07 Å². The summed E-state index contributed by atoms with van der Waals surface area (Å²) >= 11 is 0. The summed E-state index contributed by atoms with van der Waals surface area (Å²) in [5, 5.41) is 12.2. The summed E-state index contributed by atoms with van der Waals surface area (Å²) in [4.78, 5) is 80.3. The van der Waals surface area contributed by atoms with E-state index >= 15 is 0 Å². The molecule has 0 aliphatic carbocycles. The van der Waals surface area contributed by atoms with Crippen molar-refractivity contribution >= 4 is 35.6 Å². The van der Waals surface area contributed by atoms with E-state index in [2.05, 4.69) is 5.32 Å². The standard InChI is InChI=1S/C33H39NO11/c1-7-18(2)26-31(40)42-19(3)25(34-28(37)22-14-11-15-23(35)17-22)30(39)43-20(4)29(38)44-24(16-21-12-9-8-10-13-21)27(36)33(5,6)32(41)45-26/h8-15,17-20,24-26,35H,7,16H2,1-6H3,(H,34,37)/t18-,19+,20-,24-,25?,26?/m0/s1. The molecule has 0 radical (unpaired) electrons. The molecule has 12 nitrogen and oxygen atoms in total. The predicted octanol–water partition coefficient (Wildman–Crippen LogP) is 3.08. The van der Waals surface area contributed by atoms with Gasteiger partial charge in [-0.05, 0) is 57.9 Å². The van der Waals surface area contributed by atoms with Crippen molar-refractivity contribution < 1.29 is 52.8 Å². The molecule has 0 bridgehead atoms. The molecule has 1 saturated heterocycles. The number of phenols is 1. The highest BCUT2D eigenvalue weighted by Gasteiger charge is 2.47. The number of phenolic OH excluding ortho intramolecular Hbond substituents is 1. The van der Waals surface area contributed by atoms with E-state index in [4.69, 9.17) is 18.9 Å². The minimum atomic E-state index is -1.87. The van der Waals surface area contributed by atoms with Gasteiger partial charge in [-0.15, -0.1) is 0 Å². The predicted molar refractivity (Wildman–Crippen MR) is 159 cm³/mol. The fraction of sp³-hybridized carbons (Fsp3) is 0.455. The van der Waals surface area contributed by atoms with E-state index in [-0.39, 0.29) is 17.7 Å². The molecule has 1 aliphatic rings. The first kappa shape index (κ1) is 34.7. The van der Waals surface area contributed by atoms with Crippen molar-refractivity contribution in [2.45, 2.75) is 84.8 Å². The fourth-order valence-corrected chi connectivity index (χ4v) is 4.48. The van der Waals surface area contributed by atoms with Crippen molar-refractivity contribution in [3.05, 3.63) is 65.7 Å². The zero-order valence-electron chi connectivity index (χ0n) is 26.1. The molecule has 2 unspecified atom stereocenters. The van der Waals surface area contributed by atoms with Crippen LogP contribution in [0.2, 0.25) is 0 Å².